The third kappa shape index (κ3) is 8.17. The van der Waals surface area contributed by atoms with E-state index in [9.17, 15) is 4.80 Å². The third-order valence-electron chi connectivity index (χ3n) is 1.72. The molecule has 0 aliphatic rings. The topological polar surface area (TPSA) is 38.7 Å². The van der Waals surface area contributed by atoms with E-state index < -0.39 is 8.56 Å². The highest BCUT2D eigenvalue weighted by Gasteiger charge is 2.23. The summed E-state index contributed by atoms with van der Waals surface area (Å²) in [5.41, 5.74) is 1.02. The molecule has 0 saturated carbocycles. The van der Waals surface area contributed by atoms with Gasteiger partial charge in [-0.25, -0.2) is 0 Å². The molecule has 0 aromatic carbocycles. The van der Waals surface area contributed by atoms with Gasteiger partial charge in [0, 0.05) is 13.7 Å². The first-order valence-electron chi connectivity index (χ1n) is 4.47. The monoisotopic (exact) mass is 204 g/mol. The Kier molecular flexibility index (Phi) is 6.24. The molecule has 0 fully saturated rings. The van der Waals surface area contributed by atoms with Gasteiger partial charge in [-0.1, -0.05) is 12.2 Å². The van der Waals surface area contributed by atoms with Crippen molar-refractivity contribution < 1.29 is 14.0 Å². The molecular formula is C9H20O3Si. The minimum absolute atomic E-state index is 0.608. The van der Waals surface area contributed by atoms with Gasteiger partial charge in [0.05, 0.1) is 6.61 Å². The van der Waals surface area contributed by atoms with Crippen LogP contribution < -0.4 is 0 Å². The molecule has 0 bridgehead atoms. The lowest BCUT2D eigenvalue weighted by Crippen LogP contribution is -2.33. The SMILES string of the molecule is C=C(C)COCCC[Si](C)(O)OC. The van der Waals surface area contributed by atoms with E-state index in [1.807, 2.05) is 6.92 Å². The van der Waals surface area contributed by atoms with Gasteiger partial charge >= 0.3 is 8.56 Å². The second-order valence-electron chi connectivity index (χ2n) is 3.49. The Balaban J connectivity index is 3.30. The second-order valence-corrected chi connectivity index (χ2v) is 6.75. The fourth-order valence-electron chi connectivity index (χ4n) is 0.851. The first-order chi connectivity index (χ1) is 5.98. The molecule has 0 aromatic heterocycles. The van der Waals surface area contributed by atoms with Gasteiger partial charge in [-0.15, -0.1) is 0 Å². The Morgan fingerprint density at radius 1 is 1.54 bits per heavy atom. The number of rotatable bonds is 7. The molecule has 13 heavy (non-hydrogen) atoms. The molecule has 0 aromatic rings. The fraction of sp³-hybridized carbons (Fsp3) is 0.778. The summed E-state index contributed by atoms with van der Waals surface area (Å²) < 4.78 is 10.3. The molecule has 0 heterocycles. The smallest absolute Gasteiger partial charge is 0.332 e. The molecule has 0 aliphatic heterocycles. The highest BCUT2D eigenvalue weighted by Crippen LogP contribution is 2.08. The maximum atomic E-state index is 9.58. The summed E-state index contributed by atoms with van der Waals surface area (Å²) in [6.45, 7) is 8.72. The quantitative estimate of drug-likeness (QED) is 0.389. The number of ether oxygens (including phenoxy) is 1. The Morgan fingerprint density at radius 2 is 2.15 bits per heavy atom. The van der Waals surface area contributed by atoms with E-state index in [1.165, 1.54) is 0 Å². The van der Waals surface area contributed by atoms with Gasteiger partial charge in [0.1, 0.15) is 0 Å². The van der Waals surface area contributed by atoms with E-state index in [0.29, 0.717) is 13.2 Å². The van der Waals surface area contributed by atoms with Crippen LogP contribution in [-0.2, 0) is 9.16 Å². The Bertz CT molecular complexity index is 157. The van der Waals surface area contributed by atoms with Crippen molar-refractivity contribution in [3.05, 3.63) is 12.2 Å². The minimum Gasteiger partial charge on any atom is -0.411 e. The molecule has 4 heteroatoms. The molecule has 0 radical (unpaired) electrons. The van der Waals surface area contributed by atoms with Gasteiger partial charge in [-0.05, 0) is 25.9 Å². The zero-order valence-electron chi connectivity index (χ0n) is 8.80. The Labute approximate surface area is 81.6 Å². The number of hydrogen-bond acceptors (Lipinski definition) is 3. The van der Waals surface area contributed by atoms with Crippen LogP contribution in [0.1, 0.15) is 13.3 Å². The van der Waals surface area contributed by atoms with Gasteiger partial charge in [-0.3, -0.25) is 0 Å². The van der Waals surface area contributed by atoms with Crippen molar-refractivity contribution in [1.82, 2.24) is 0 Å². The van der Waals surface area contributed by atoms with Crippen LogP contribution in [0, 0.1) is 0 Å². The van der Waals surface area contributed by atoms with Gasteiger partial charge in [0.25, 0.3) is 0 Å². The van der Waals surface area contributed by atoms with E-state index in [1.54, 1.807) is 13.7 Å². The average molecular weight is 204 g/mol. The highest BCUT2D eigenvalue weighted by atomic mass is 28.4. The Hall–Kier alpha value is -0.163. The van der Waals surface area contributed by atoms with Crippen molar-refractivity contribution in [2.45, 2.75) is 25.9 Å². The van der Waals surface area contributed by atoms with Crippen LogP contribution in [0.2, 0.25) is 12.6 Å². The Morgan fingerprint density at radius 3 is 2.62 bits per heavy atom. The molecule has 1 N–H and O–H groups in total. The average Bonchev–Trinajstić information content (AvgIpc) is 2.03. The summed E-state index contributed by atoms with van der Waals surface area (Å²) in [5, 5.41) is 0. The third-order valence-corrected chi connectivity index (χ3v) is 3.88. The zero-order valence-corrected chi connectivity index (χ0v) is 9.80. The van der Waals surface area contributed by atoms with Crippen LogP contribution in [0.15, 0.2) is 12.2 Å². The van der Waals surface area contributed by atoms with E-state index in [0.717, 1.165) is 18.0 Å². The zero-order chi connectivity index (χ0) is 10.3. The molecule has 0 aliphatic carbocycles. The van der Waals surface area contributed by atoms with Crippen LogP contribution in [0.5, 0.6) is 0 Å². The molecule has 0 spiro atoms. The van der Waals surface area contributed by atoms with Gasteiger partial charge in [-0.2, -0.15) is 0 Å². The van der Waals surface area contributed by atoms with Gasteiger partial charge in [0.2, 0.25) is 0 Å². The van der Waals surface area contributed by atoms with Crippen LogP contribution in [0.4, 0.5) is 0 Å². The van der Waals surface area contributed by atoms with Crippen LogP contribution in [-0.4, -0.2) is 33.7 Å². The van der Waals surface area contributed by atoms with Gasteiger partial charge < -0.3 is 14.0 Å². The normalized spacial score (nSPS) is 15.4. The van der Waals surface area contributed by atoms with Crippen molar-refractivity contribution in [3.63, 3.8) is 0 Å². The first-order valence-corrected chi connectivity index (χ1v) is 7.04. The summed E-state index contributed by atoms with van der Waals surface area (Å²) in [6, 6.07) is 0.722. The van der Waals surface area contributed by atoms with E-state index >= 15 is 0 Å². The predicted octanol–water partition coefficient (Wildman–Crippen LogP) is 1.68. The largest absolute Gasteiger partial charge is 0.411 e. The molecule has 0 amide bonds. The molecule has 0 saturated heterocycles. The van der Waals surface area contributed by atoms with Crippen LogP contribution in [0.25, 0.3) is 0 Å². The molecule has 78 valence electrons. The lowest BCUT2D eigenvalue weighted by atomic mass is 10.4. The lowest BCUT2D eigenvalue weighted by Gasteiger charge is -2.16. The van der Waals surface area contributed by atoms with E-state index in [-0.39, 0.29) is 0 Å². The summed E-state index contributed by atoms with van der Waals surface area (Å²) in [6.07, 6.45) is 0.848. The summed E-state index contributed by atoms with van der Waals surface area (Å²) in [5.74, 6) is 0. The molecule has 1 atom stereocenters. The highest BCUT2D eigenvalue weighted by molar-refractivity contribution is 6.64. The van der Waals surface area contributed by atoms with E-state index in [2.05, 4.69) is 6.58 Å². The van der Waals surface area contributed by atoms with Crippen molar-refractivity contribution in [2.75, 3.05) is 20.3 Å². The van der Waals surface area contributed by atoms with Crippen molar-refractivity contribution in [2.24, 2.45) is 0 Å². The summed E-state index contributed by atoms with van der Waals surface area (Å²) in [7, 11) is -0.800. The van der Waals surface area contributed by atoms with Crippen molar-refractivity contribution in [1.29, 1.82) is 0 Å². The molecule has 0 rings (SSSR count). The maximum Gasteiger partial charge on any atom is 0.332 e. The van der Waals surface area contributed by atoms with Crippen molar-refractivity contribution in [3.8, 4) is 0 Å². The first kappa shape index (κ1) is 12.8. The van der Waals surface area contributed by atoms with Crippen LogP contribution in [0.3, 0.4) is 0 Å². The standard InChI is InChI=1S/C9H20O3Si/c1-9(2)8-12-6-5-7-13(4,10)11-3/h10H,1,5-8H2,2-4H3. The minimum atomic E-state index is -2.36. The molecule has 3 nitrogen and oxygen atoms in total. The fourth-order valence-corrected chi connectivity index (χ4v) is 1.86. The lowest BCUT2D eigenvalue weighted by molar-refractivity contribution is 0.154. The predicted molar refractivity (Wildman–Crippen MR) is 55.9 cm³/mol. The second kappa shape index (κ2) is 6.31. The van der Waals surface area contributed by atoms with E-state index in [4.69, 9.17) is 9.16 Å². The molecule has 1 unspecified atom stereocenters. The van der Waals surface area contributed by atoms with Crippen molar-refractivity contribution >= 4 is 8.56 Å². The molecular weight excluding hydrogens is 184 g/mol. The van der Waals surface area contributed by atoms with Crippen LogP contribution >= 0.6 is 0 Å². The van der Waals surface area contributed by atoms with Gasteiger partial charge in [0.15, 0.2) is 0 Å². The number of hydrogen-bond donors (Lipinski definition) is 1. The summed E-state index contributed by atoms with van der Waals surface area (Å²) >= 11 is 0. The maximum absolute atomic E-state index is 9.58. The summed E-state index contributed by atoms with van der Waals surface area (Å²) in [4.78, 5) is 9.58.